The number of anilines is 1. The number of carbonyl (C=O) groups excluding carboxylic acids is 1. The maximum Gasteiger partial charge on any atom is 0.222 e. The molecule has 0 unspecified atom stereocenters. The van der Waals surface area contributed by atoms with Crippen molar-refractivity contribution in [3.05, 3.63) is 30.5 Å². The van der Waals surface area contributed by atoms with Crippen molar-refractivity contribution < 1.29 is 4.79 Å². The molecule has 0 spiro atoms. The fraction of sp³-hybridized carbons (Fsp3) is 0.562. The number of imidazole rings is 1. The van der Waals surface area contributed by atoms with Gasteiger partial charge in [0.25, 0.3) is 0 Å². The van der Waals surface area contributed by atoms with Crippen LogP contribution in [-0.2, 0) is 11.3 Å². The van der Waals surface area contributed by atoms with E-state index < -0.39 is 0 Å². The van der Waals surface area contributed by atoms with E-state index in [2.05, 4.69) is 38.7 Å². The summed E-state index contributed by atoms with van der Waals surface area (Å²) in [5, 5.41) is 7.17. The van der Waals surface area contributed by atoms with Crippen LogP contribution in [0.15, 0.2) is 24.7 Å². The maximum atomic E-state index is 11.1. The molecule has 1 saturated heterocycles. The number of nitrogens with zero attached hydrogens (tertiary/aromatic N) is 5. The van der Waals surface area contributed by atoms with Crippen molar-refractivity contribution >= 4 is 11.7 Å². The van der Waals surface area contributed by atoms with Crippen molar-refractivity contribution in [2.75, 3.05) is 18.4 Å². The normalized spacial score (nSPS) is 18.7. The summed E-state index contributed by atoms with van der Waals surface area (Å²) in [7, 11) is 0. The van der Waals surface area contributed by atoms with Gasteiger partial charge in [-0.15, -0.1) is 0 Å². The standard InChI is InChI=1S/C16H24N6O/c1-12(2)21-9-6-17-16(21)11-20-7-4-14(10-20)22-8-5-15(19-22)18-13(3)23/h5-6,8-9,12,14H,4,7,10-11H2,1-3H3,(H,18,19,23)/t14-/m1/s1. The maximum absolute atomic E-state index is 11.1. The van der Waals surface area contributed by atoms with E-state index in [-0.39, 0.29) is 5.91 Å². The topological polar surface area (TPSA) is 68.0 Å². The predicted octanol–water partition coefficient (Wildman–Crippen LogP) is 2.07. The van der Waals surface area contributed by atoms with Gasteiger partial charge in [-0.3, -0.25) is 14.4 Å². The third-order valence-electron chi connectivity index (χ3n) is 4.20. The Morgan fingerprint density at radius 2 is 2.26 bits per heavy atom. The Morgan fingerprint density at radius 3 is 3.00 bits per heavy atom. The Hall–Kier alpha value is -2.15. The molecule has 0 aliphatic carbocycles. The van der Waals surface area contributed by atoms with Crippen LogP contribution in [0, 0.1) is 0 Å². The van der Waals surface area contributed by atoms with E-state index in [4.69, 9.17) is 0 Å². The molecule has 1 fully saturated rings. The fourth-order valence-electron chi connectivity index (χ4n) is 3.10. The van der Waals surface area contributed by atoms with E-state index >= 15 is 0 Å². The summed E-state index contributed by atoms with van der Waals surface area (Å²) in [4.78, 5) is 18.0. The van der Waals surface area contributed by atoms with Gasteiger partial charge in [-0.1, -0.05) is 0 Å². The molecular weight excluding hydrogens is 292 g/mol. The van der Waals surface area contributed by atoms with Gasteiger partial charge in [0, 0.05) is 50.7 Å². The van der Waals surface area contributed by atoms with Crippen molar-refractivity contribution in [3.8, 4) is 0 Å². The van der Waals surface area contributed by atoms with E-state index in [1.165, 1.54) is 6.92 Å². The van der Waals surface area contributed by atoms with Gasteiger partial charge in [-0.2, -0.15) is 5.10 Å². The lowest BCUT2D eigenvalue weighted by atomic mass is 10.3. The minimum atomic E-state index is -0.0937. The van der Waals surface area contributed by atoms with Crippen molar-refractivity contribution in [1.82, 2.24) is 24.2 Å². The first-order chi connectivity index (χ1) is 11.0. The van der Waals surface area contributed by atoms with Crippen LogP contribution >= 0.6 is 0 Å². The zero-order valence-electron chi connectivity index (χ0n) is 13.9. The summed E-state index contributed by atoms with van der Waals surface area (Å²) >= 11 is 0. The van der Waals surface area contributed by atoms with E-state index in [9.17, 15) is 4.79 Å². The number of nitrogens with one attached hydrogen (secondary N) is 1. The Bertz CT molecular complexity index is 674. The molecule has 0 saturated carbocycles. The smallest absolute Gasteiger partial charge is 0.222 e. The first kappa shape index (κ1) is 15.7. The molecule has 3 heterocycles. The molecule has 3 rings (SSSR count). The van der Waals surface area contributed by atoms with E-state index in [1.54, 1.807) is 0 Å². The first-order valence-electron chi connectivity index (χ1n) is 8.09. The molecular formula is C16H24N6O. The lowest BCUT2D eigenvalue weighted by molar-refractivity contribution is -0.114. The van der Waals surface area contributed by atoms with Crippen molar-refractivity contribution in [2.24, 2.45) is 0 Å². The summed E-state index contributed by atoms with van der Waals surface area (Å²) in [6, 6.07) is 2.62. The van der Waals surface area contributed by atoms with Crippen LogP contribution in [0.4, 0.5) is 5.82 Å². The van der Waals surface area contributed by atoms with Crippen molar-refractivity contribution in [1.29, 1.82) is 0 Å². The summed E-state index contributed by atoms with van der Waals surface area (Å²) in [5.74, 6) is 1.63. The highest BCUT2D eigenvalue weighted by molar-refractivity contribution is 5.87. The SMILES string of the molecule is CC(=O)Nc1ccn([C@@H]2CCN(Cc3nccn3C(C)C)C2)n1. The number of hydrogen-bond acceptors (Lipinski definition) is 4. The largest absolute Gasteiger partial charge is 0.331 e. The predicted molar refractivity (Wildman–Crippen MR) is 88.1 cm³/mol. The zero-order valence-corrected chi connectivity index (χ0v) is 13.9. The number of aromatic nitrogens is 4. The lowest BCUT2D eigenvalue weighted by Gasteiger charge is -2.18. The molecule has 1 aliphatic rings. The average Bonchev–Trinajstić information content (AvgIpc) is 3.18. The van der Waals surface area contributed by atoms with Gasteiger partial charge < -0.3 is 9.88 Å². The molecule has 2 aromatic rings. The van der Waals surface area contributed by atoms with Gasteiger partial charge >= 0.3 is 0 Å². The second kappa shape index (κ2) is 6.54. The van der Waals surface area contributed by atoms with Crippen LogP contribution in [0.1, 0.15) is 45.1 Å². The highest BCUT2D eigenvalue weighted by atomic mass is 16.1. The Labute approximate surface area is 136 Å². The molecule has 2 aromatic heterocycles. The van der Waals surface area contributed by atoms with E-state index in [0.29, 0.717) is 17.9 Å². The molecule has 0 radical (unpaired) electrons. The highest BCUT2D eigenvalue weighted by Crippen LogP contribution is 2.23. The third kappa shape index (κ3) is 3.61. The summed E-state index contributed by atoms with van der Waals surface area (Å²) < 4.78 is 4.18. The molecule has 7 heteroatoms. The molecule has 1 aliphatic heterocycles. The van der Waals surface area contributed by atoms with Crippen LogP contribution in [0.2, 0.25) is 0 Å². The van der Waals surface area contributed by atoms with Crippen LogP contribution < -0.4 is 5.32 Å². The number of likely N-dealkylation sites (tertiary alicyclic amines) is 1. The summed E-state index contributed by atoms with van der Waals surface area (Å²) in [6.45, 7) is 8.68. The Kier molecular flexibility index (Phi) is 4.47. The molecule has 124 valence electrons. The minimum absolute atomic E-state index is 0.0937. The van der Waals surface area contributed by atoms with Gasteiger partial charge in [0.2, 0.25) is 5.91 Å². The Balaban J connectivity index is 1.61. The van der Waals surface area contributed by atoms with Gasteiger partial charge in [0.05, 0.1) is 12.6 Å². The highest BCUT2D eigenvalue weighted by Gasteiger charge is 2.25. The molecule has 23 heavy (non-hydrogen) atoms. The summed E-state index contributed by atoms with van der Waals surface area (Å²) in [6.07, 6.45) is 6.91. The average molecular weight is 316 g/mol. The fourth-order valence-corrected chi connectivity index (χ4v) is 3.10. The third-order valence-corrected chi connectivity index (χ3v) is 4.20. The van der Waals surface area contributed by atoms with Gasteiger partial charge in [0.1, 0.15) is 5.82 Å². The summed E-state index contributed by atoms with van der Waals surface area (Å²) in [5.41, 5.74) is 0. The minimum Gasteiger partial charge on any atom is -0.331 e. The second-order valence-electron chi connectivity index (χ2n) is 6.38. The first-order valence-corrected chi connectivity index (χ1v) is 8.09. The molecule has 1 atom stereocenters. The van der Waals surface area contributed by atoms with E-state index in [1.807, 2.05) is 29.3 Å². The van der Waals surface area contributed by atoms with Crippen LogP contribution in [0.5, 0.6) is 0 Å². The molecule has 1 N–H and O–H groups in total. The second-order valence-corrected chi connectivity index (χ2v) is 6.38. The molecule has 7 nitrogen and oxygen atoms in total. The number of hydrogen-bond donors (Lipinski definition) is 1. The number of rotatable bonds is 5. The van der Waals surface area contributed by atoms with Gasteiger partial charge in [0.15, 0.2) is 5.82 Å². The monoisotopic (exact) mass is 316 g/mol. The van der Waals surface area contributed by atoms with Gasteiger partial charge in [-0.25, -0.2) is 4.98 Å². The van der Waals surface area contributed by atoms with E-state index in [0.717, 1.165) is 31.9 Å². The Morgan fingerprint density at radius 1 is 1.43 bits per heavy atom. The van der Waals surface area contributed by atoms with Crippen LogP contribution in [0.25, 0.3) is 0 Å². The number of amides is 1. The molecule has 0 bridgehead atoms. The number of carbonyl (C=O) groups is 1. The quantitative estimate of drug-likeness (QED) is 0.917. The van der Waals surface area contributed by atoms with Crippen LogP contribution in [0.3, 0.4) is 0 Å². The van der Waals surface area contributed by atoms with Crippen LogP contribution in [-0.4, -0.2) is 43.2 Å². The van der Waals surface area contributed by atoms with Crippen molar-refractivity contribution in [3.63, 3.8) is 0 Å². The van der Waals surface area contributed by atoms with Crippen molar-refractivity contribution in [2.45, 2.75) is 45.8 Å². The zero-order chi connectivity index (χ0) is 16.4. The molecule has 1 amide bonds. The van der Waals surface area contributed by atoms with Gasteiger partial charge in [-0.05, 0) is 20.3 Å². The molecule has 0 aromatic carbocycles. The lowest BCUT2D eigenvalue weighted by Crippen LogP contribution is -2.24.